The predicted molar refractivity (Wildman–Crippen MR) is 106 cm³/mol. The molecule has 1 N–H and O–H groups in total. The third-order valence-corrected chi connectivity index (χ3v) is 5.39. The molecule has 1 aromatic carbocycles. The number of aryl methyl sites for hydroxylation is 2. The van der Waals surface area contributed by atoms with Crippen molar-refractivity contribution in [3.63, 3.8) is 0 Å². The van der Waals surface area contributed by atoms with E-state index in [9.17, 15) is 0 Å². The predicted octanol–water partition coefficient (Wildman–Crippen LogP) is 3.55. The van der Waals surface area contributed by atoms with Crippen molar-refractivity contribution in [1.29, 1.82) is 0 Å². The lowest BCUT2D eigenvalue weighted by Gasteiger charge is -2.15. The van der Waals surface area contributed by atoms with Gasteiger partial charge in [0.1, 0.15) is 5.82 Å². The highest BCUT2D eigenvalue weighted by Crippen LogP contribution is 2.29. The van der Waals surface area contributed by atoms with Gasteiger partial charge in [0.05, 0.1) is 29.4 Å². The lowest BCUT2D eigenvalue weighted by molar-refractivity contribution is 0.195. The first-order valence-corrected chi connectivity index (χ1v) is 9.43. The molecular weight excluding hydrogens is 338 g/mol. The van der Waals surface area contributed by atoms with Crippen LogP contribution >= 0.6 is 0 Å². The van der Waals surface area contributed by atoms with E-state index in [0.717, 1.165) is 48.9 Å². The van der Waals surface area contributed by atoms with E-state index in [1.54, 1.807) is 0 Å². The number of ether oxygens (including phenoxy) is 1. The molecular formula is C21H23N5O. The van der Waals surface area contributed by atoms with Crippen LogP contribution in [0.4, 0.5) is 5.69 Å². The van der Waals surface area contributed by atoms with E-state index in [1.165, 1.54) is 16.8 Å². The standard InChI is InChI=1S/C21H23N5O/c1-14-10-20-19(25(14)12-16-6-4-3-5-7-16)11-18(22-17-8-9-27-13-17)21-24-23-15(2)26(20)21/h3-7,10-11,17,22H,8-9,12-13H2,1-2H3/t17-/m1/s1. The van der Waals surface area contributed by atoms with E-state index in [4.69, 9.17) is 4.74 Å². The number of nitrogens with one attached hydrogen (secondary N) is 1. The summed E-state index contributed by atoms with van der Waals surface area (Å²) < 4.78 is 10.0. The van der Waals surface area contributed by atoms with Gasteiger partial charge in [-0.15, -0.1) is 10.2 Å². The first kappa shape index (κ1) is 16.3. The van der Waals surface area contributed by atoms with Gasteiger partial charge >= 0.3 is 0 Å². The number of hydrogen-bond acceptors (Lipinski definition) is 4. The zero-order valence-electron chi connectivity index (χ0n) is 15.6. The fourth-order valence-corrected chi connectivity index (χ4v) is 3.99. The van der Waals surface area contributed by atoms with Gasteiger partial charge in [-0.25, -0.2) is 0 Å². The Hall–Kier alpha value is -2.86. The average molecular weight is 361 g/mol. The first-order valence-electron chi connectivity index (χ1n) is 9.43. The van der Waals surface area contributed by atoms with Gasteiger partial charge in [-0.1, -0.05) is 30.3 Å². The first-order chi connectivity index (χ1) is 13.2. The molecule has 6 nitrogen and oxygen atoms in total. The Kier molecular flexibility index (Phi) is 3.86. The van der Waals surface area contributed by atoms with E-state index in [2.05, 4.69) is 73.9 Å². The van der Waals surface area contributed by atoms with Gasteiger partial charge in [0.2, 0.25) is 0 Å². The molecule has 27 heavy (non-hydrogen) atoms. The van der Waals surface area contributed by atoms with E-state index in [-0.39, 0.29) is 0 Å². The molecule has 0 saturated carbocycles. The number of anilines is 1. The van der Waals surface area contributed by atoms with E-state index >= 15 is 0 Å². The molecule has 138 valence electrons. The highest BCUT2D eigenvalue weighted by molar-refractivity contribution is 5.88. The van der Waals surface area contributed by atoms with Gasteiger partial charge in [-0.3, -0.25) is 4.40 Å². The van der Waals surface area contributed by atoms with Gasteiger partial charge in [0.15, 0.2) is 5.65 Å². The normalized spacial score (nSPS) is 17.2. The molecule has 0 unspecified atom stereocenters. The molecule has 0 spiro atoms. The highest BCUT2D eigenvalue weighted by Gasteiger charge is 2.20. The lowest BCUT2D eigenvalue weighted by Crippen LogP contribution is -2.19. The maximum absolute atomic E-state index is 5.53. The van der Waals surface area contributed by atoms with Crippen LogP contribution in [-0.2, 0) is 11.3 Å². The Morgan fingerprint density at radius 2 is 1.96 bits per heavy atom. The SMILES string of the molecule is Cc1cc2c(cc(N[C@@H]3CCOC3)c3nnc(C)n32)n1Cc1ccccc1. The number of hydrogen-bond donors (Lipinski definition) is 1. The van der Waals surface area contributed by atoms with Crippen LogP contribution in [0.3, 0.4) is 0 Å². The summed E-state index contributed by atoms with van der Waals surface area (Å²) in [6.45, 7) is 6.56. The molecule has 0 amide bonds. The van der Waals surface area contributed by atoms with E-state index in [1.807, 2.05) is 6.92 Å². The summed E-state index contributed by atoms with van der Waals surface area (Å²) in [5.74, 6) is 0.901. The number of aromatic nitrogens is 4. The Morgan fingerprint density at radius 1 is 1.11 bits per heavy atom. The zero-order valence-corrected chi connectivity index (χ0v) is 15.6. The van der Waals surface area contributed by atoms with Crippen LogP contribution < -0.4 is 5.32 Å². The summed E-state index contributed by atoms with van der Waals surface area (Å²) in [5, 5.41) is 12.4. The Morgan fingerprint density at radius 3 is 2.74 bits per heavy atom. The maximum Gasteiger partial charge on any atom is 0.184 e. The molecule has 6 heteroatoms. The minimum absolute atomic E-state index is 0.321. The van der Waals surface area contributed by atoms with Gasteiger partial charge in [-0.2, -0.15) is 0 Å². The van der Waals surface area contributed by atoms with Crippen molar-refractivity contribution in [2.45, 2.75) is 32.9 Å². The third kappa shape index (κ3) is 2.77. The molecule has 5 rings (SSSR count). The Labute approximate surface area is 157 Å². The summed E-state index contributed by atoms with van der Waals surface area (Å²) in [4.78, 5) is 0. The van der Waals surface area contributed by atoms with Crippen molar-refractivity contribution in [3.05, 3.63) is 59.5 Å². The number of pyridine rings is 1. The Balaban J connectivity index is 1.68. The minimum Gasteiger partial charge on any atom is -0.379 e. The van der Waals surface area contributed by atoms with Crippen LogP contribution in [0.2, 0.25) is 0 Å². The smallest absolute Gasteiger partial charge is 0.184 e. The van der Waals surface area contributed by atoms with E-state index < -0.39 is 0 Å². The summed E-state index contributed by atoms with van der Waals surface area (Å²) >= 11 is 0. The van der Waals surface area contributed by atoms with Crippen LogP contribution in [0.15, 0.2) is 42.5 Å². The van der Waals surface area contributed by atoms with E-state index in [0.29, 0.717) is 6.04 Å². The number of benzene rings is 1. The number of rotatable bonds is 4. The molecule has 4 aromatic rings. The molecule has 1 saturated heterocycles. The second-order valence-electron chi connectivity index (χ2n) is 7.30. The molecule has 3 aromatic heterocycles. The second-order valence-corrected chi connectivity index (χ2v) is 7.30. The van der Waals surface area contributed by atoms with Crippen molar-refractivity contribution >= 4 is 22.4 Å². The van der Waals surface area contributed by atoms with Crippen LogP contribution in [-0.4, -0.2) is 38.4 Å². The quantitative estimate of drug-likeness (QED) is 0.604. The number of nitrogens with zero attached hydrogens (tertiary/aromatic N) is 4. The van der Waals surface area contributed by atoms with Crippen LogP contribution in [0.25, 0.3) is 16.7 Å². The number of fused-ring (bicyclic) bond motifs is 3. The monoisotopic (exact) mass is 361 g/mol. The second kappa shape index (κ2) is 6.39. The van der Waals surface area contributed by atoms with Gasteiger partial charge in [0, 0.05) is 18.8 Å². The van der Waals surface area contributed by atoms with Gasteiger partial charge in [0.25, 0.3) is 0 Å². The zero-order chi connectivity index (χ0) is 18.4. The highest BCUT2D eigenvalue weighted by atomic mass is 16.5. The van der Waals surface area contributed by atoms with Crippen molar-refractivity contribution in [3.8, 4) is 0 Å². The molecule has 4 heterocycles. The topological polar surface area (TPSA) is 56.4 Å². The fraction of sp³-hybridized carbons (Fsp3) is 0.333. The van der Waals surface area contributed by atoms with Crippen molar-refractivity contribution in [1.82, 2.24) is 19.2 Å². The van der Waals surface area contributed by atoms with Gasteiger partial charge in [-0.05, 0) is 38.0 Å². The Bertz CT molecular complexity index is 1110. The summed E-state index contributed by atoms with van der Waals surface area (Å²) in [6.07, 6.45) is 1.02. The summed E-state index contributed by atoms with van der Waals surface area (Å²) in [5.41, 5.74) is 6.75. The van der Waals surface area contributed by atoms with Crippen LogP contribution in [0, 0.1) is 13.8 Å². The molecule has 1 aliphatic rings. The van der Waals surface area contributed by atoms with Crippen LogP contribution in [0.1, 0.15) is 23.5 Å². The molecule has 1 atom stereocenters. The average Bonchev–Trinajstić information content (AvgIpc) is 3.38. The fourth-order valence-electron chi connectivity index (χ4n) is 3.99. The molecule has 1 fully saturated rings. The summed E-state index contributed by atoms with van der Waals surface area (Å²) in [7, 11) is 0. The van der Waals surface area contributed by atoms with Crippen molar-refractivity contribution in [2.75, 3.05) is 18.5 Å². The summed E-state index contributed by atoms with van der Waals surface area (Å²) in [6, 6.07) is 15.3. The van der Waals surface area contributed by atoms with Crippen molar-refractivity contribution in [2.24, 2.45) is 0 Å². The largest absolute Gasteiger partial charge is 0.379 e. The molecule has 0 radical (unpaired) electrons. The molecule has 0 bridgehead atoms. The van der Waals surface area contributed by atoms with Crippen molar-refractivity contribution < 1.29 is 4.74 Å². The van der Waals surface area contributed by atoms with Gasteiger partial charge < -0.3 is 14.6 Å². The van der Waals surface area contributed by atoms with Crippen LogP contribution in [0.5, 0.6) is 0 Å². The lowest BCUT2D eigenvalue weighted by atomic mass is 10.2. The molecule has 1 aliphatic heterocycles. The minimum atomic E-state index is 0.321. The molecule has 0 aliphatic carbocycles. The maximum atomic E-state index is 5.53. The third-order valence-electron chi connectivity index (χ3n) is 5.39.